The number of pyridine rings is 1. The van der Waals surface area contributed by atoms with Crippen LogP contribution in [0.5, 0.6) is 0 Å². The Hall–Kier alpha value is -2.69. The fourth-order valence-corrected chi connectivity index (χ4v) is 4.15. The number of nitrogens with one attached hydrogen (secondary N) is 1. The number of benzene rings is 1. The van der Waals surface area contributed by atoms with Crippen LogP contribution < -0.4 is 0 Å². The molecule has 0 aliphatic carbocycles. The minimum absolute atomic E-state index is 0.0992. The molecule has 0 radical (unpaired) electrons. The van der Waals surface area contributed by atoms with Crippen LogP contribution in [0, 0.1) is 13.8 Å². The summed E-state index contributed by atoms with van der Waals surface area (Å²) < 4.78 is 0. The molecule has 1 aromatic carbocycles. The first-order valence-corrected chi connectivity index (χ1v) is 9.77. The quantitative estimate of drug-likeness (QED) is 0.761. The van der Waals surface area contributed by atoms with Crippen molar-refractivity contribution in [3.05, 3.63) is 58.5 Å². The number of aromatic amines is 1. The third kappa shape index (κ3) is 3.22. The fourth-order valence-electron chi connectivity index (χ4n) is 4.15. The Labute approximate surface area is 159 Å². The second-order valence-corrected chi connectivity index (χ2v) is 7.50. The first-order chi connectivity index (χ1) is 13.1. The van der Waals surface area contributed by atoms with Crippen molar-refractivity contribution in [2.45, 2.75) is 46.0 Å². The topological polar surface area (TPSA) is 61.9 Å². The zero-order valence-electron chi connectivity index (χ0n) is 16.2. The van der Waals surface area contributed by atoms with E-state index < -0.39 is 0 Å². The third-order valence-electron chi connectivity index (χ3n) is 5.79. The van der Waals surface area contributed by atoms with Gasteiger partial charge in [0.25, 0.3) is 5.91 Å². The van der Waals surface area contributed by atoms with Gasteiger partial charge in [0, 0.05) is 30.1 Å². The minimum atomic E-state index is 0.0992. The van der Waals surface area contributed by atoms with Gasteiger partial charge in [0.15, 0.2) is 0 Å². The van der Waals surface area contributed by atoms with Crippen molar-refractivity contribution in [3.8, 4) is 0 Å². The SMILES string of the molecule is CCc1cn[nH]c1C1CCN(C(=O)c2cc3cccc(C)c3nc2C)CC1. The van der Waals surface area contributed by atoms with Gasteiger partial charge in [-0.05, 0) is 50.3 Å². The number of fused-ring (bicyclic) bond motifs is 1. The van der Waals surface area contributed by atoms with E-state index in [-0.39, 0.29) is 5.91 Å². The van der Waals surface area contributed by atoms with E-state index in [9.17, 15) is 4.79 Å². The second-order valence-electron chi connectivity index (χ2n) is 7.50. The molecule has 0 saturated carbocycles. The lowest BCUT2D eigenvalue weighted by molar-refractivity contribution is 0.0711. The molecule has 1 N–H and O–H groups in total. The molecule has 0 atom stereocenters. The number of piperidine rings is 1. The Morgan fingerprint density at radius 3 is 2.78 bits per heavy atom. The first-order valence-electron chi connectivity index (χ1n) is 9.77. The molecule has 0 spiro atoms. The van der Waals surface area contributed by atoms with Gasteiger partial charge in [0.05, 0.1) is 23.0 Å². The van der Waals surface area contributed by atoms with Crippen molar-refractivity contribution >= 4 is 16.8 Å². The minimum Gasteiger partial charge on any atom is -0.339 e. The molecule has 1 amide bonds. The maximum Gasteiger partial charge on any atom is 0.255 e. The first kappa shape index (κ1) is 17.7. The zero-order valence-corrected chi connectivity index (χ0v) is 16.2. The van der Waals surface area contributed by atoms with Crippen LogP contribution in [0.25, 0.3) is 10.9 Å². The van der Waals surface area contributed by atoms with Crippen molar-refractivity contribution < 1.29 is 4.79 Å². The van der Waals surface area contributed by atoms with Gasteiger partial charge < -0.3 is 4.90 Å². The van der Waals surface area contributed by atoms with E-state index in [1.807, 2.05) is 36.2 Å². The monoisotopic (exact) mass is 362 g/mol. The van der Waals surface area contributed by atoms with Crippen LogP contribution in [0.4, 0.5) is 0 Å². The third-order valence-corrected chi connectivity index (χ3v) is 5.79. The zero-order chi connectivity index (χ0) is 19.0. The van der Waals surface area contributed by atoms with Crippen LogP contribution in [-0.2, 0) is 6.42 Å². The normalized spacial score (nSPS) is 15.4. The predicted molar refractivity (Wildman–Crippen MR) is 107 cm³/mol. The summed E-state index contributed by atoms with van der Waals surface area (Å²) in [5, 5.41) is 8.41. The van der Waals surface area contributed by atoms with E-state index >= 15 is 0 Å². The van der Waals surface area contributed by atoms with Crippen LogP contribution in [0.3, 0.4) is 0 Å². The van der Waals surface area contributed by atoms with Gasteiger partial charge in [0.2, 0.25) is 0 Å². The summed E-state index contributed by atoms with van der Waals surface area (Å²) >= 11 is 0. The Kier molecular flexibility index (Phi) is 4.68. The van der Waals surface area contributed by atoms with Gasteiger partial charge in [-0.15, -0.1) is 0 Å². The highest BCUT2D eigenvalue weighted by Gasteiger charge is 2.27. The molecule has 140 valence electrons. The standard InChI is InChI=1S/C22H26N4O/c1-4-16-13-23-25-21(16)17-8-10-26(11-9-17)22(27)19-12-18-7-5-6-14(2)20(18)24-15(19)3/h5-7,12-13,17H,4,8-11H2,1-3H3,(H,23,25). The maximum atomic E-state index is 13.1. The summed E-state index contributed by atoms with van der Waals surface area (Å²) in [5.41, 5.74) is 6.21. The summed E-state index contributed by atoms with van der Waals surface area (Å²) in [6, 6.07) is 8.11. The van der Waals surface area contributed by atoms with Gasteiger partial charge in [0.1, 0.15) is 0 Å². The van der Waals surface area contributed by atoms with Crippen LogP contribution in [-0.4, -0.2) is 39.1 Å². The molecule has 1 fully saturated rings. The van der Waals surface area contributed by atoms with Crippen LogP contribution in [0.1, 0.15) is 58.6 Å². The van der Waals surface area contributed by atoms with Gasteiger partial charge in [-0.25, -0.2) is 0 Å². The Balaban J connectivity index is 1.53. The average molecular weight is 362 g/mol. The molecule has 0 unspecified atom stereocenters. The molecule has 27 heavy (non-hydrogen) atoms. The molecule has 1 aliphatic rings. The number of nitrogens with zero attached hydrogens (tertiary/aromatic N) is 3. The number of H-pyrrole nitrogens is 1. The van der Waals surface area contributed by atoms with E-state index in [0.29, 0.717) is 5.92 Å². The van der Waals surface area contributed by atoms with E-state index in [1.54, 1.807) is 0 Å². The van der Waals surface area contributed by atoms with E-state index in [0.717, 1.165) is 60.1 Å². The van der Waals surface area contributed by atoms with E-state index in [1.165, 1.54) is 11.3 Å². The molecule has 2 aromatic heterocycles. The van der Waals surface area contributed by atoms with E-state index in [2.05, 4.69) is 30.1 Å². The fraction of sp³-hybridized carbons (Fsp3) is 0.409. The lowest BCUT2D eigenvalue weighted by atomic mass is 9.90. The van der Waals surface area contributed by atoms with Crippen molar-refractivity contribution in [2.24, 2.45) is 0 Å². The predicted octanol–water partition coefficient (Wildman–Crippen LogP) is 4.16. The van der Waals surface area contributed by atoms with Crippen molar-refractivity contribution in [3.63, 3.8) is 0 Å². The maximum absolute atomic E-state index is 13.1. The highest BCUT2D eigenvalue weighted by molar-refractivity contribution is 5.99. The number of hydrogen-bond donors (Lipinski definition) is 1. The lowest BCUT2D eigenvalue weighted by Crippen LogP contribution is -2.38. The largest absolute Gasteiger partial charge is 0.339 e. The van der Waals surface area contributed by atoms with Crippen molar-refractivity contribution in [2.75, 3.05) is 13.1 Å². The van der Waals surface area contributed by atoms with Gasteiger partial charge in [-0.2, -0.15) is 5.10 Å². The summed E-state index contributed by atoms with van der Waals surface area (Å²) in [6.07, 6.45) is 4.87. The Morgan fingerprint density at radius 2 is 2.04 bits per heavy atom. The highest BCUT2D eigenvalue weighted by atomic mass is 16.2. The number of amides is 1. The summed E-state index contributed by atoms with van der Waals surface area (Å²) in [4.78, 5) is 19.8. The molecule has 4 rings (SSSR count). The molecular formula is C22H26N4O. The molecule has 1 aliphatic heterocycles. The smallest absolute Gasteiger partial charge is 0.255 e. The lowest BCUT2D eigenvalue weighted by Gasteiger charge is -2.32. The number of aromatic nitrogens is 3. The summed E-state index contributed by atoms with van der Waals surface area (Å²) in [6.45, 7) is 7.70. The van der Waals surface area contributed by atoms with Crippen LogP contribution in [0.15, 0.2) is 30.5 Å². The molecule has 0 bridgehead atoms. The van der Waals surface area contributed by atoms with Crippen molar-refractivity contribution in [1.82, 2.24) is 20.1 Å². The molecule has 5 nitrogen and oxygen atoms in total. The van der Waals surface area contributed by atoms with Crippen LogP contribution in [0.2, 0.25) is 0 Å². The number of aryl methyl sites for hydroxylation is 3. The number of carbonyl (C=O) groups is 1. The molecule has 3 heterocycles. The van der Waals surface area contributed by atoms with Crippen LogP contribution >= 0.6 is 0 Å². The Morgan fingerprint density at radius 1 is 1.26 bits per heavy atom. The molecule has 3 aromatic rings. The number of carbonyl (C=O) groups excluding carboxylic acids is 1. The van der Waals surface area contributed by atoms with E-state index in [4.69, 9.17) is 4.98 Å². The number of rotatable bonds is 3. The summed E-state index contributed by atoms with van der Waals surface area (Å²) in [7, 11) is 0. The summed E-state index contributed by atoms with van der Waals surface area (Å²) in [5.74, 6) is 0.562. The number of hydrogen-bond acceptors (Lipinski definition) is 3. The molecular weight excluding hydrogens is 336 g/mol. The average Bonchev–Trinajstić information content (AvgIpc) is 3.17. The number of likely N-dealkylation sites (tertiary alicyclic amines) is 1. The van der Waals surface area contributed by atoms with Crippen molar-refractivity contribution in [1.29, 1.82) is 0 Å². The van der Waals surface area contributed by atoms with Gasteiger partial charge in [-0.1, -0.05) is 25.1 Å². The molecule has 5 heteroatoms. The molecule has 1 saturated heterocycles. The Bertz CT molecular complexity index is 983. The highest BCUT2D eigenvalue weighted by Crippen LogP contribution is 2.30. The number of para-hydroxylation sites is 1. The van der Waals surface area contributed by atoms with Gasteiger partial charge in [-0.3, -0.25) is 14.9 Å². The van der Waals surface area contributed by atoms with Gasteiger partial charge >= 0.3 is 0 Å². The second kappa shape index (κ2) is 7.14.